The van der Waals surface area contributed by atoms with Crippen LogP contribution in [0, 0.1) is 13.8 Å². The van der Waals surface area contributed by atoms with Crippen molar-refractivity contribution in [3.05, 3.63) is 59.8 Å². The molecule has 0 spiro atoms. The predicted octanol–water partition coefficient (Wildman–Crippen LogP) is 3.91. The lowest BCUT2D eigenvalue weighted by molar-refractivity contribution is 0.0366. The highest BCUT2D eigenvalue weighted by Crippen LogP contribution is 2.28. The van der Waals surface area contributed by atoms with Gasteiger partial charge in [0.2, 0.25) is 5.78 Å². The lowest BCUT2D eigenvalue weighted by atomic mass is 10.0. The molecule has 0 atom stereocenters. The average molecular weight is 374 g/mol. The van der Waals surface area contributed by atoms with E-state index in [0.29, 0.717) is 0 Å². The van der Waals surface area contributed by atoms with Gasteiger partial charge in [-0.3, -0.25) is 9.30 Å². The summed E-state index contributed by atoms with van der Waals surface area (Å²) in [6.45, 7) is 9.93. The summed E-state index contributed by atoms with van der Waals surface area (Å²) in [4.78, 5) is 7.54. The van der Waals surface area contributed by atoms with Crippen molar-refractivity contribution >= 4 is 16.8 Å². The summed E-state index contributed by atoms with van der Waals surface area (Å²) in [6.07, 6.45) is 2.19. The molecule has 1 saturated heterocycles. The van der Waals surface area contributed by atoms with E-state index in [4.69, 9.17) is 9.72 Å². The number of hydrogen-bond donors (Lipinski definition) is 0. The molecule has 5 heteroatoms. The number of morpholine rings is 1. The number of nitrogens with zero attached hydrogens (tertiary/aromatic N) is 4. The van der Waals surface area contributed by atoms with Gasteiger partial charge < -0.3 is 9.30 Å². The van der Waals surface area contributed by atoms with Crippen LogP contribution in [-0.4, -0.2) is 51.7 Å². The van der Waals surface area contributed by atoms with Crippen LogP contribution in [0.5, 0.6) is 0 Å². The van der Waals surface area contributed by atoms with Gasteiger partial charge in [0, 0.05) is 37.9 Å². The Kier molecular flexibility index (Phi) is 4.41. The number of aromatic nitrogens is 3. The summed E-state index contributed by atoms with van der Waals surface area (Å²) >= 11 is 0. The third-order valence-electron chi connectivity index (χ3n) is 5.77. The van der Waals surface area contributed by atoms with Crippen LogP contribution in [0.25, 0.3) is 28.1 Å². The third kappa shape index (κ3) is 3.01. The molecule has 28 heavy (non-hydrogen) atoms. The summed E-state index contributed by atoms with van der Waals surface area (Å²) in [7, 11) is 0. The maximum atomic E-state index is 5.49. The average Bonchev–Trinajstić information content (AvgIpc) is 3.27. The molecule has 4 aromatic rings. The van der Waals surface area contributed by atoms with E-state index >= 15 is 0 Å². The van der Waals surface area contributed by atoms with Crippen molar-refractivity contribution in [2.45, 2.75) is 20.4 Å². The molecule has 5 nitrogen and oxygen atoms in total. The minimum atomic E-state index is 0.835. The van der Waals surface area contributed by atoms with Crippen LogP contribution in [0.2, 0.25) is 0 Å². The normalized spacial score (nSPS) is 15.6. The molecule has 0 bridgehead atoms. The summed E-state index contributed by atoms with van der Waals surface area (Å²) in [5.74, 6) is 1.02. The summed E-state index contributed by atoms with van der Waals surface area (Å²) in [6, 6.07) is 15.2. The van der Waals surface area contributed by atoms with Crippen molar-refractivity contribution in [3.8, 4) is 11.3 Å². The standard InChI is InChI=1S/C23H26N4O/c1-17-7-8-18(2)19(15-17)20-16-27-22-6-4-3-5-21(22)26(23(27)24-20)10-9-25-11-13-28-14-12-25/h3-8,15-16H,9-14H2,1-2H3. The molecule has 3 heterocycles. The summed E-state index contributed by atoms with van der Waals surface area (Å²) in [5.41, 5.74) is 7.23. The van der Waals surface area contributed by atoms with Crippen molar-refractivity contribution < 1.29 is 4.74 Å². The summed E-state index contributed by atoms with van der Waals surface area (Å²) in [5, 5.41) is 0. The number of imidazole rings is 2. The van der Waals surface area contributed by atoms with Crippen molar-refractivity contribution in [3.63, 3.8) is 0 Å². The van der Waals surface area contributed by atoms with Crippen molar-refractivity contribution in [1.29, 1.82) is 0 Å². The second kappa shape index (κ2) is 7.08. The first-order valence-electron chi connectivity index (χ1n) is 10.0. The number of ether oxygens (including phenoxy) is 1. The van der Waals surface area contributed by atoms with E-state index in [2.05, 4.69) is 76.4 Å². The molecule has 0 saturated carbocycles. The second-order valence-corrected chi connectivity index (χ2v) is 7.71. The highest BCUT2D eigenvalue weighted by atomic mass is 16.5. The fraction of sp³-hybridized carbons (Fsp3) is 0.348. The monoisotopic (exact) mass is 374 g/mol. The van der Waals surface area contributed by atoms with Crippen LogP contribution in [0.1, 0.15) is 11.1 Å². The second-order valence-electron chi connectivity index (χ2n) is 7.71. The van der Waals surface area contributed by atoms with Gasteiger partial charge in [-0.1, -0.05) is 29.8 Å². The lowest BCUT2D eigenvalue weighted by Crippen LogP contribution is -2.38. The summed E-state index contributed by atoms with van der Waals surface area (Å²) < 4.78 is 10.1. The third-order valence-corrected chi connectivity index (χ3v) is 5.77. The SMILES string of the molecule is Cc1ccc(C)c(-c2cn3c4ccccc4n(CCN4CCOCC4)c3n2)c1. The van der Waals surface area contributed by atoms with Crippen LogP contribution in [0.4, 0.5) is 0 Å². The fourth-order valence-electron chi connectivity index (χ4n) is 4.17. The van der Waals surface area contributed by atoms with Crippen LogP contribution >= 0.6 is 0 Å². The molecule has 2 aromatic heterocycles. The Hall–Kier alpha value is -2.63. The molecule has 0 radical (unpaired) electrons. The largest absolute Gasteiger partial charge is 0.379 e. The van der Waals surface area contributed by atoms with E-state index in [0.717, 1.165) is 50.9 Å². The van der Waals surface area contributed by atoms with Gasteiger partial charge in [-0.05, 0) is 37.6 Å². The predicted molar refractivity (Wildman–Crippen MR) is 113 cm³/mol. The Labute approximate surface area is 165 Å². The Morgan fingerprint density at radius 3 is 2.57 bits per heavy atom. The molecule has 0 unspecified atom stereocenters. The quantitative estimate of drug-likeness (QED) is 0.543. The van der Waals surface area contributed by atoms with Gasteiger partial charge in [0.15, 0.2) is 0 Å². The first-order valence-corrected chi connectivity index (χ1v) is 10.0. The van der Waals surface area contributed by atoms with E-state index in [1.54, 1.807) is 0 Å². The molecular weight excluding hydrogens is 348 g/mol. The van der Waals surface area contributed by atoms with Crippen LogP contribution in [0.3, 0.4) is 0 Å². The molecule has 1 aliphatic rings. The Morgan fingerprint density at radius 1 is 0.964 bits per heavy atom. The minimum Gasteiger partial charge on any atom is -0.379 e. The molecule has 2 aromatic carbocycles. The van der Waals surface area contributed by atoms with Gasteiger partial charge in [0.05, 0.1) is 29.9 Å². The Balaban J connectivity index is 1.59. The lowest BCUT2D eigenvalue weighted by Gasteiger charge is -2.26. The van der Waals surface area contributed by atoms with Gasteiger partial charge in [0.1, 0.15) is 0 Å². The van der Waals surface area contributed by atoms with Gasteiger partial charge in [0.25, 0.3) is 0 Å². The maximum Gasteiger partial charge on any atom is 0.215 e. The maximum absolute atomic E-state index is 5.49. The highest BCUT2D eigenvalue weighted by molar-refractivity contribution is 5.82. The van der Waals surface area contributed by atoms with Crippen LogP contribution in [-0.2, 0) is 11.3 Å². The Morgan fingerprint density at radius 2 is 1.75 bits per heavy atom. The van der Waals surface area contributed by atoms with Crippen LogP contribution < -0.4 is 0 Å². The topological polar surface area (TPSA) is 34.7 Å². The zero-order chi connectivity index (χ0) is 19.1. The highest BCUT2D eigenvalue weighted by Gasteiger charge is 2.17. The van der Waals surface area contributed by atoms with E-state index < -0.39 is 0 Å². The first kappa shape index (κ1) is 17.5. The molecular formula is C23H26N4O. The van der Waals surface area contributed by atoms with Gasteiger partial charge >= 0.3 is 0 Å². The van der Waals surface area contributed by atoms with E-state index in [1.165, 1.54) is 27.7 Å². The number of aryl methyl sites for hydroxylation is 2. The van der Waals surface area contributed by atoms with Crippen molar-refractivity contribution in [1.82, 2.24) is 18.9 Å². The van der Waals surface area contributed by atoms with E-state index in [-0.39, 0.29) is 0 Å². The first-order chi connectivity index (χ1) is 13.7. The van der Waals surface area contributed by atoms with Gasteiger partial charge in [-0.15, -0.1) is 0 Å². The number of rotatable bonds is 4. The zero-order valence-corrected chi connectivity index (χ0v) is 16.6. The smallest absolute Gasteiger partial charge is 0.215 e. The van der Waals surface area contributed by atoms with Crippen LogP contribution in [0.15, 0.2) is 48.7 Å². The molecule has 0 amide bonds. The molecule has 0 aliphatic carbocycles. The number of benzene rings is 2. The zero-order valence-electron chi connectivity index (χ0n) is 16.6. The molecule has 1 aliphatic heterocycles. The number of hydrogen-bond acceptors (Lipinski definition) is 3. The molecule has 5 rings (SSSR count). The van der Waals surface area contributed by atoms with Crippen molar-refractivity contribution in [2.75, 3.05) is 32.8 Å². The molecule has 1 fully saturated rings. The minimum absolute atomic E-state index is 0.835. The molecule has 0 N–H and O–H groups in total. The van der Waals surface area contributed by atoms with Crippen molar-refractivity contribution in [2.24, 2.45) is 0 Å². The number of fused-ring (bicyclic) bond motifs is 3. The fourth-order valence-corrected chi connectivity index (χ4v) is 4.17. The van der Waals surface area contributed by atoms with Gasteiger partial charge in [-0.25, -0.2) is 4.98 Å². The Bertz CT molecular complexity index is 1130. The van der Waals surface area contributed by atoms with E-state index in [1.807, 2.05) is 0 Å². The number of para-hydroxylation sites is 2. The van der Waals surface area contributed by atoms with Gasteiger partial charge in [-0.2, -0.15) is 0 Å². The molecule has 144 valence electrons. The van der Waals surface area contributed by atoms with E-state index in [9.17, 15) is 0 Å².